The van der Waals surface area contributed by atoms with Crippen LogP contribution in [0, 0.1) is 11.8 Å². The van der Waals surface area contributed by atoms with Gasteiger partial charge in [0.1, 0.15) is 0 Å². The molecular formula is C14H26N2S. The van der Waals surface area contributed by atoms with Crippen molar-refractivity contribution in [1.29, 1.82) is 0 Å². The third-order valence-corrected chi connectivity index (χ3v) is 4.92. The Morgan fingerprint density at radius 1 is 1.35 bits per heavy atom. The summed E-state index contributed by atoms with van der Waals surface area (Å²) in [6.07, 6.45) is 6.69. The van der Waals surface area contributed by atoms with Gasteiger partial charge in [0.25, 0.3) is 0 Å². The second kappa shape index (κ2) is 6.12. The molecule has 0 aromatic carbocycles. The monoisotopic (exact) mass is 254 g/mol. The Morgan fingerprint density at radius 3 is 2.82 bits per heavy atom. The summed E-state index contributed by atoms with van der Waals surface area (Å²) in [5.74, 6) is 2.77. The summed E-state index contributed by atoms with van der Waals surface area (Å²) in [6, 6.07) is 1.23. The fraction of sp³-hybridized carbons (Fsp3) is 0.929. The number of nitrogens with zero attached hydrogens (tertiary/aromatic N) is 1. The predicted molar refractivity (Wildman–Crippen MR) is 77.7 cm³/mol. The van der Waals surface area contributed by atoms with Gasteiger partial charge in [-0.05, 0) is 31.1 Å². The number of amidine groups is 1. The topological polar surface area (TPSA) is 24.4 Å². The number of rotatable bonds is 3. The molecule has 2 nitrogen and oxygen atoms in total. The van der Waals surface area contributed by atoms with Crippen molar-refractivity contribution in [2.45, 2.75) is 65.0 Å². The summed E-state index contributed by atoms with van der Waals surface area (Å²) >= 11 is 1.93. The first-order chi connectivity index (χ1) is 8.15. The molecule has 1 N–H and O–H groups in total. The second-order valence-corrected chi connectivity index (χ2v) is 7.05. The number of aliphatic imine (C=N–C) groups is 1. The van der Waals surface area contributed by atoms with E-state index in [-0.39, 0.29) is 0 Å². The van der Waals surface area contributed by atoms with Crippen LogP contribution in [0.5, 0.6) is 0 Å². The van der Waals surface area contributed by atoms with Crippen molar-refractivity contribution in [3.8, 4) is 0 Å². The number of thioether (sulfide) groups is 1. The smallest absolute Gasteiger partial charge is 0.157 e. The molecule has 3 atom stereocenters. The minimum Gasteiger partial charge on any atom is -0.361 e. The maximum Gasteiger partial charge on any atom is 0.157 e. The van der Waals surface area contributed by atoms with Crippen molar-refractivity contribution < 1.29 is 0 Å². The Hall–Kier alpha value is -0.180. The fourth-order valence-electron chi connectivity index (χ4n) is 2.85. The van der Waals surface area contributed by atoms with Gasteiger partial charge in [0.2, 0.25) is 0 Å². The lowest BCUT2D eigenvalue weighted by Crippen LogP contribution is -2.30. The summed E-state index contributed by atoms with van der Waals surface area (Å²) in [5.41, 5.74) is 0. The standard InChI is InChI=1S/C14H26N2S/c1-10(2)8-12-9-17-14(15-12)16-13-7-5-4-6-11(13)3/h10-13H,4-9H2,1-3H3,(H,15,16). The molecule has 1 saturated carbocycles. The normalized spacial score (nSPS) is 36.5. The van der Waals surface area contributed by atoms with Crippen molar-refractivity contribution in [1.82, 2.24) is 5.32 Å². The summed E-state index contributed by atoms with van der Waals surface area (Å²) in [6.45, 7) is 6.95. The van der Waals surface area contributed by atoms with Crippen molar-refractivity contribution in [3.05, 3.63) is 0 Å². The molecule has 0 aromatic heterocycles. The highest BCUT2D eigenvalue weighted by atomic mass is 32.2. The van der Waals surface area contributed by atoms with Gasteiger partial charge in [-0.2, -0.15) is 0 Å². The molecule has 1 aliphatic heterocycles. The van der Waals surface area contributed by atoms with E-state index in [1.54, 1.807) is 0 Å². The fourth-order valence-corrected chi connectivity index (χ4v) is 3.89. The third kappa shape index (κ3) is 3.90. The molecular weight excluding hydrogens is 228 g/mol. The summed E-state index contributed by atoms with van der Waals surface area (Å²) in [7, 11) is 0. The van der Waals surface area contributed by atoms with E-state index in [0.717, 1.165) is 11.8 Å². The number of nitrogens with one attached hydrogen (secondary N) is 1. The molecule has 1 heterocycles. The number of hydrogen-bond donors (Lipinski definition) is 1. The Morgan fingerprint density at radius 2 is 2.12 bits per heavy atom. The van der Waals surface area contributed by atoms with Crippen molar-refractivity contribution in [3.63, 3.8) is 0 Å². The molecule has 0 amide bonds. The zero-order chi connectivity index (χ0) is 12.3. The highest BCUT2D eigenvalue weighted by Crippen LogP contribution is 2.28. The lowest BCUT2D eigenvalue weighted by Gasteiger charge is -2.25. The van der Waals surface area contributed by atoms with Crippen LogP contribution < -0.4 is 5.32 Å². The van der Waals surface area contributed by atoms with Gasteiger partial charge < -0.3 is 5.32 Å². The van der Waals surface area contributed by atoms with Crippen molar-refractivity contribution in [2.24, 2.45) is 16.8 Å². The van der Waals surface area contributed by atoms with E-state index in [4.69, 9.17) is 4.99 Å². The van der Waals surface area contributed by atoms with Crippen LogP contribution in [0.3, 0.4) is 0 Å². The molecule has 0 spiro atoms. The van der Waals surface area contributed by atoms with Gasteiger partial charge in [-0.3, -0.25) is 4.99 Å². The van der Waals surface area contributed by atoms with Crippen LogP contribution >= 0.6 is 11.8 Å². The average Bonchev–Trinajstić information content (AvgIpc) is 2.68. The van der Waals surface area contributed by atoms with Crippen LogP contribution in [0.15, 0.2) is 4.99 Å². The van der Waals surface area contributed by atoms with Gasteiger partial charge in [0.15, 0.2) is 5.17 Å². The molecule has 98 valence electrons. The molecule has 17 heavy (non-hydrogen) atoms. The first-order valence-electron chi connectivity index (χ1n) is 7.12. The highest BCUT2D eigenvalue weighted by molar-refractivity contribution is 8.14. The van der Waals surface area contributed by atoms with Gasteiger partial charge >= 0.3 is 0 Å². The molecule has 0 aromatic rings. The first kappa shape index (κ1) is 13.3. The van der Waals surface area contributed by atoms with Crippen molar-refractivity contribution in [2.75, 3.05) is 5.75 Å². The highest BCUT2D eigenvalue weighted by Gasteiger charge is 2.25. The average molecular weight is 254 g/mol. The molecule has 2 rings (SSSR count). The Labute approximate surface area is 110 Å². The van der Waals surface area contributed by atoms with Gasteiger partial charge in [0.05, 0.1) is 6.04 Å². The second-order valence-electron chi connectivity index (χ2n) is 6.05. The van der Waals surface area contributed by atoms with Crippen LogP contribution in [0.4, 0.5) is 0 Å². The van der Waals surface area contributed by atoms with Gasteiger partial charge in [-0.25, -0.2) is 0 Å². The van der Waals surface area contributed by atoms with Gasteiger partial charge in [0, 0.05) is 11.8 Å². The van der Waals surface area contributed by atoms with Gasteiger partial charge in [-0.15, -0.1) is 0 Å². The van der Waals surface area contributed by atoms with E-state index >= 15 is 0 Å². The van der Waals surface area contributed by atoms with Crippen LogP contribution in [0.2, 0.25) is 0 Å². The molecule has 2 fully saturated rings. The van der Waals surface area contributed by atoms with E-state index in [1.807, 2.05) is 11.8 Å². The molecule has 0 radical (unpaired) electrons. The lowest BCUT2D eigenvalue weighted by atomic mass is 9.86. The van der Waals surface area contributed by atoms with E-state index in [1.165, 1.54) is 43.0 Å². The summed E-state index contributed by atoms with van der Waals surface area (Å²) < 4.78 is 0. The SMILES string of the molecule is CC(C)CC1CSC(=NC2CCCCC2C)N1. The molecule has 0 bridgehead atoms. The first-order valence-corrected chi connectivity index (χ1v) is 8.11. The largest absolute Gasteiger partial charge is 0.361 e. The quantitative estimate of drug-likeness (QED) is 0.831. The van der Waals surface area contributed by atoms with Crippen molar-refractivity contribution >= 4 is 16.9 Å². The maximum absolute atomic E-state index is 4.94. The minimum atomic E-state index is 0.580. The molecule has 3 heteroatoms. The molecule has 1 saturated heterocycles. The zero-order valence-corrected chi connectivity index (χ0v) is 12.2. The van der Waals surface area contributed by atoms with Crippen LogP contribution in [-0.4, -0.2) is 23.0 Å². The minimum absolute atomic E-state index is 0.580. The van der Waals surface area contributed by atoms with Crippen LogP contribution in [0.1, 0.15) is 52.9 Å². The molecule has 3 unspecified atom stereocenters. The van der Waals surface area contributed by atoms with E-state index < -0.39 is 0 Å². The van der Waals surface area contributed by atoms with Crippen LogP contribution in [0.25, 0.3) is 0 Å². The third-order valence-electron chi connectivity index (χ3n) is 3.85. The summed E-state index contributed by atoms with van der Waals surface area (Å²) in [5, 5.41) is 4.82. The Kier molecular flexibility index (Phi) is 4.78. The molecule has 2 aliphatic rings. The molecule has 1 aliphatic carbocycles. The Bertz CT molecular complexity index is 275. The summed E-state index contributed by atoms with van der Waals surface area (Å²) in [4.78, 5) is 4.94. The van der Waals surface area contributed by atoms with Gasteiger partial charge in [-0.1, -0.05) is 45.4 Å². The predicted octanol–water partition coefficient (Wildman–Crippen LogP) is 3.67. The number of hydrogen-bond acceptors (Lipinski definition) is 2. The lowest BCUT2D eigenvalue weighted by molar-refractivity contribution is 0.332. The zero-order valence-electron chi connectivity index (χ0n) is 11.4. The van der Waals surface area contributed by atoms with E-state index in [0.29, 0.717) is 12.1 Å². The Balaban J connectivity index is 1.86. The maximum atomic E-state index is 4.94. The van der Waals surface area contributed by atoms with E-state index in [9.17, 15) is 0 Å². The van der Waals surface area contributed by atoms with Crippen LogP contribution in [-0.2, 0) is 0 Å². The van der Waals surface area contributed by atoms with E-state index in [2.05, 4.69) is 26.1 Å².